The number of nitrogens with zero attached hydrogens (tertiary/aromatic N) is 1. The number of carbonyl (C=O) groups is 2. The number of benzene rings is 1. The Bertz CT molecular complexity index is 558. The van der Waals surface area contributed by atoms with Gasteiger partial charge in [-0.15, -0.1) is 11.6 Å². The summed E-state index contributed by atoms with van der Waals surface area (Å²) in [6.07, 6.45) is 2.18. The summed E-state index contributed by atoms with van der Waals surface area (Å²) >= 11 is 5.95. The van der Waals surface area contributed by atoms with Gasteiger partial charge in [0.1, 0.15) is 5.38 Å². The van der Waals surface area contributed by atoms with Crippen molar-refractivity contribution in [2.45, 2.75) is 12.3 Å². The molecule has 1 N–H and O–H groups in total. The predicted molar refractivity (Wildman–Crippen MR) is 67.1 cm³/mol. The van der Waals surface area contributed by atoms with Crippen molar-refractivity contribution < 1.29 is 14.7 Å². The van der Waals surface area contributed by atoms with E-state index in [2.05, 4.69) is 0 Å². The summed E-state index contributed by atoms with van der Waals surface area (Å²) in [6.45, 7) is 1.33. The van der Waals surface area contributed by atoms with E-state index in [1.165, 1.54) is 19.1 Å². The van der Waals surface area contributed by atoms with Crippen LogP contribution >= 0.6 is 11.6 Å². The molecule has 0 radical (unpaired) electrons. The molecule has 0 amide bonds. The fourth-order valence-corrected chi connectivity index (χ4v) is 1.65. The largest absolute Gasteiger partial charge is 0.478 e. The fourth-order valence-electron chi connectivity index (χ4n) is 1.46. The summed E-state index contributed by atoms with van der Waals surface area (Å²) in [4.78, 5) is 21.8. The Morgan fingerprint density at radius 1 is 1.50 bits per heavy atom. The van der Waals surface area contributed by atoms with Gasteiger partial charge in [0.15, 0.2) is 5.78 Å². The Kier molecular flexibility index (Phi) is 4.64. The maximum absolute atomic E-state index is 11.3. The number of nitriles is 1. The predicted octanol–water partition coefficient (Wildman–Crippen LogP) is 2.52. The lowest BCUT2D eigenvalue weighted by molar-refractivity contribution is -0.131. The number of hydrogen-bond donors (Lipinski definition) is 1. The minimum Gasteiger partial charge on any atom is -0.478 e. The van der Waals surface area contributed by atoms with Gasteiger partial charge in [-0.25, -0.2) is 4.79 Å². The lowest BCUT2D eigenvalue weighted by atomic mass is 9.97. The van der Waals surface area contributed by atoms with Gasteiger partial charge in [-0.3, -0.25) is 4.79 Å². The van der Waals surface area contributed by atoms with E-state index in [-0.39, 0.29) is 11.3 Å². The standard InChI is InChI=1S/C13H10ClNO3/c1-8(16)13(14)11-4-2-3-9(7-15)10(11)5-6-12(17)18/h2-6,13H,1H3,(H,17,18). The summed E-state index contributed by atoms with van der Waals surface area (Å²) in [6, 6.07) is 6.68. The molecule has 0 aliphatic heterocycles. The van der Waals surface area contributed by atoms with Crippen LogP contribution in [0.4, 0.5) is 0 Å². The van der Waals surface area contributed by atoms with Crippen molar-refractivity contribution in [2.75, 3.05) is 0 Å². The van der Waals surface area contributed by atoms with Crippen LogP contribution in [-0.4, -0.2) is 16.9 Å². The second kappa shape index (κ2) is 5.99. The van der Waals surface area contributed by atoms with E-state index < -0.39 is 11.3 Å². The fraction of sp³-hybridized carbons (Fsp3) is 0.154. The summed E-state index contributed by atoms with van der Waals surface area (Å²) in [5.41, 5.74) is 1.07. The molecule has 0 aliphatic rings. The van der Waals surface area contributed by atoms with Crippen LogP contribution in [-0.2, 0) is 9.59 Å². The molecule has 1 aromatic rings. The second-order valence-electron chi connectivity index (χ2n) is 3.57. The first-order chi connectivity index (χ1) is 8.47. The molecule has 0 spiro atoms. The number of halogens is 1. The maximum Gasteiger partial charge on any atom is 0.328 e. The average molecular weight is 264 g/mol. The molecule has 0 saturated heterocycles. The topological polar surface area (TPSA) is 78.2 Å². The lowest BCUT2D eigenvalue weighted by Gasteiger charge is -2.11. The third-order valence-corrected chi connectivity index (χ3v) is 2.83. The molecule has 1 unspecified atom stereocenters. The van der Waals surface area contributed by atoms with Crippen LogP contribution < -0.4 is 0 Å². The van der Waals surface area contributed by atoms with E-state index in [1.807, 2.05) is 6.07 Å². The van der Waals surface area contributed by atoms with Gasteiger partial charge >= 0.3 is 5.97 Å². The van der Waals surface area contributed by atoms with Crippen LogP contribution in [0.3, 0.4) is 0 Å². The van der Waals surface area contributed by atoms with E-state index >= 15 is 0 Å². The van der Waals surface area contributed by atoms with Gasteiger partial charge in [-0.1, -0.05) is 12.1 Å². The number of aliphatic carboxylic acids is 1. The summed E-state index contributed by atoms with van der Waals surface area (Å²) in [5, 5.41) is 16.7. The first kappa shape index (κ1) is 13.9. The van der Waals surface area contributed by atoms with Gasteiger partial charge in [0, 0.05) is 6.08 Å². The Hall–Kier alpha value is -2.12. The van der Waals surface area contributed by atoms with Crippen molar-refractivity contribution in [3.63, 3.8) is 0 Å². The van der Waals surface area contributed by atoms with E-state index in [1.54, 1.807) is 12.1 Å². The van der Waals surface area contributed by atoms with Crippen LogP contribution in [0.1, 0.15) is 29.0 Å². The molecule has 0 heterocycles. The minimum absolute atomic E-state index is 0.267. The summed E-state index contributed by atoms with van der Waals surface area (Å²) < 4.78 is 0. The quantitative estimate of drug-likeness (QED) is 0.669. The highest BCUT2D eigenvalue weighted by atomic mass is 35.5. The van der Waals surface area contributed by atoms with Gasteiger partial charge < -0.3 is 5.11 Å². The zero-order valence-electron chi connectivity index (χ0n) is 9.55. The highest BCUT2D eigenvalue weighted by Crippen LogP contribution is 2.28. The Labute approximate surface area is 109 Å². The van der Waals surface area contributed by atoms with Gasteiger partial charge in [0.05, 0.1) is 11.6 Å². The number of Topliss-reactive ketones (excluding diaryl/α,β-unsaturated/α-hetero) is 1. The molecular formula is C13H10ClNO3. The molecule has 0 aromatic heterocycles. The smallest absolute Gasteiger partial charge is 0.328 e. The Morgan fingerprint density at radius 2 is 2.17 bits per heavy atom. The van der Waals surface area contributed by atoms with Crippen LogP contribution in [0, 0.1) is 11.3 Å². The molecule has 0 saturated carbocycles. The molecule has 92 valence electrons. The molecule has 1 rings (SSSR count). The zero-order chi connectivity index (χ0) is 13.7. The van der Waals surface area contributed by atoms with Crippen molar-refractivity contribution in [3.8, 4) is 6.07 Å². The number of ketones is 1. The molecule has 0 fully saturated rings. The van der Waals surface area contributed by atoms with Gasteiger partial charge in [0.25, 0.3) is 0 Å². The SMILES string of the molecule is CC(=O)C(Cl)c1cccc(C#N)c1C=CC(=O)O. The van der Waals surface area contributed by atoms with Crippen LogP contribution in [0.2, 0.25) is 0 Å². The molecule has 0 bridgehead atoms. The molecule has 18 heavy (non-hydrogen) atoms. The lowest BCUT2D eigenvalue weighted by Crippen LogP contribution is -2.05. The summed E-state index contributed by atoms with van der Waals surface area (Å²) in [7, 11) is 0. The Morgan fingerprint density at radius 3 is 2.67 bits per heavy atom. The van der Waals surface area contributed by atoms with E-state index in [0.717, 1.165) is 6.08 Å². The van der Waals surface area contributed by atoms with Crippen molar-refractivity contribution >= 4 is 29.4 Å². The molecule has 5 heteroatoms. The maximum atomic E-state index is 11.3. The highest BCUT2D eigenvalue weighted by molar-refractivity contribution is 6.31. The molecule has 1 atom stereocenters. The number of carbonyl (C=O) groups excluding carboxylic acids is 1. The third-order valence-electron chi connectivity index (χ3n) is 2.28. The van der Waals surface area contributed by atoms with Crippen molar-refractivity contribution in [3.05, 3.63) is 41.0 Å². The van der Waals surface area contributed by atoms with E-state index in [9.17, 15) is 9.59 Å². The highest BCUT2D eigenvalue weighted by Gasteiger charge is 2.18. The van der Waals surface area contributed by atoms with Gasteiger partial charge in [0.2, 0.25) is 0 Å². The number of hydrogen-bond acceptors (Lipinski definition) is 3. The zero-order valence-corrected chi connectivity index (χ0v) is 10.3. The Balaban J connectivity index is 3.39. The van der Waals surface area contributed by atoms with Gasteiger partial charge in [-0.05, 0) is 30.2 Å². The van der Waals surface area contributed by atoms with Crippen LogP contribution in [0.5, 0.6) is 0 Å². The monoisotopic (exact) mass is 263 g/mol. The molecule has 4 nitrogen and oxygen atoms in total. The minimum atomic E-state index is -1.14. The van der Waals surface area contributed by atoms with Crippen LogP contribution in [0.15, 0.2) is 24.3 Å². The molecule has 1 aromatic carbocycles. The number of rotatable bonds is 4. The van der Waals surface area contributed by atoms with E-state index in [4.69, 9.17) is 22.0 Å². The van der Waals surface area contributed by atoms with Crippen molar-refractivity contribution in [1.29, 1.82) is 5.26 Å². The first-order valence-corrected chi connectivity index (χ1v) is 5.49. The molecular weight excluding hydrogens is 254 g/mol. The number of carboxylic acids is 1. The van der Waals surface area contributed by atoms with E-state index in [0.29, 0.717) is 11.1 Å². The summed E-state index contributed by atoms with van der Waals surface area (Å²) in [5.74, 6) is -1.40. The molecule has 0 aliphatic carbocycles. The van der Waals surface area contributed by atoms with Gasteiger partial charge in [-0.2, -0.15) is 5.26 Å². The normalized spacial score (nSPS) is 12.1. The second-order valence-corrected chi connectivity index (χ2v) is 4.00. The first-order valence-electron chi connectivity index (χ1n) is 5.06. The third kappa shape index (κ3) is 3.19. The van der Waals surface area contributed by atoms with Crippen LogP contribution in [0.25, 0.3) is 6.08 Å². The van der Waals surface area contributed by atoms with Crippen molar-refractivity contribution in [2.24, 2.45) is 0 Å². The number of alkyl halides is 1. The number of carboxylic acid groups (broad SMARTS) is 1. The average Bonchev–Trinajstić information content (AvgIpc) is 2.34. The van der Waals surface area contributed by atoms with Crippen molar-refractivity contribution in [1.82, 2.24) is 0 Å².